The van der Waals surface area contributed by atoms with Crippen molar-refractivity contribution in [2.24, 2.45) is 5.73 Å². The summed E-state index contributed by atoms with van der Waals surface area (Å²) in [6, 6.07) is 15.3. The minimum Gasteiger partial charge on any atom is -0.497 e. The first kappa shape index (κ1) is 22.1. The van der Waals surface area contributed by atoms with Gasteiger partial charge in [-0.05, 0) is 50.6 Å². The third kappa shape index (κ3) is 4.15. The van der Waals surface area contributed by atoms with E-state index >= 15 is 0 Å². The molecule has 0 saturated heterocycles. The van der Waals surface area contributed by atoms with Crippen molar-refractivity contribution in [3.8, 4) is 5.75 Å². The second-order valence-corrected chi connectivity index (χ2v) is 10.5. The average molecular weight is 433 g/mol. The van der Waals surface area contributed by atoms with Crippen molar-refractivity contribution < 1.29 is 22.7 Å². The highest BCUT2D eigenvalue weighted by Gasteiger charge is 2.71. The maximum Gasteiger partial charge on any atom is 0.408 e. The lowest BCUT2D eigenvalue weighted by atomic mass is 10.1. The van der Waals surface area contributed by atoms with Gasteiger partial charge in [-0.15, -0.1) is 0 Å². The highest BCUT2D eigenvalue weighted by atomic mass is 32.2. The molecule has 1 saturated carbocycles. The largest absolute Gasteiger partial charge is 0.497 e. The summed E-state index contributed by atoms with van der Waals surface area (Å²) in [7, 11) is -2.21. The van der Waals surface area contributed by atoms with Crippen LogP contribution in [-0.4, -0.2) is 44.6 Å². The average Bonchev–Trinajstić information content (AvgIpc) is 3.36. The molecular formula is C22H28N2O5S. The number of ether oxygens (including phenoxy) is 2. The Labute approximate surface area is 177 Å². The molecule has 7 nitrogen and oxygen atoms in total. The van der Waals surface area contributed by atoms with E-state index in [1.165, 1.54) is 0 Å². The molecular weight excluding hydrogens is 404 g/mol. The lowest BCUT2D eigenvalue weighted by Gasteiger charge is -2.24. The van der Waals surface area contributed by atoms with Crippen LogP contribution in [0, 0.1) is 0 Å². The van der Waals surface area contributed by atoms with Gasteiger partial charge in [-0.1, -0.05) is 30.3 Å². The van der Waals surface area contributed by atoms with Crippen LogP contribution in [0.4, 0.5) is 4.79 Å². The first-order valence-corrected chi connectivity index (χ1v) is 11.2. The predicted molar refractivity (Wildman–Crippen MR) is 114 cm³/mol. The fourth-order valence-corrected chi connectivity index (χ4v) is 6.20. The molecule has 8 heteroatoms. The van der Waals surface area contributed by atoms with E-state index in [4.69, 9.17) is 15.2 Å². The van der Waals surface area contributed by atoms with E-state index in [2.05, 4.69) is 5.32 Å². The number of carbonyl (C=O) groups excluding carboxylic acids is 1. The Balaban J connectivity index is 2.02. The zero-order valence-corrected chi connectivity index (χ0v) is 18.4. The molecule has 1 aliphatic rings. The van der Waals surface area contributed by atoms with E-state index in [0.717, 1.165) is 5.56 Å². The number of sulfone groups is 1. The zero-order chi connectivity index (χ0) is 22.2. The van der Waals surface area contributed by atoms with E-state index in [9.17, 15) is 13.2 Å². The summed E-state index contributed by atoms with van der Waals surface area (Å²) < 4.78 is 37.5. The monoisotopic (exact) mass is 432 g/mol. The summed E-state index contributed by atoms with van der Waals surface area (Å²) in [6.07, 6.45) is -0.697. The lowest BCUT2D eigenvalue weighted by Crippen LogP contribution is -2.49. The van der Waals surface area contributed by atoms with Gasteiger partial charge in [0.2, 0.25) is 0 Å². The number of benzene rings is 2. The molecule has 1 amide bonds. The molecule has 30 heavy (non-hydrogen) atoms. The molecule has 1 aliphatic carbocycles. The molecule has 1 fully saturated rings. The summed E-state index contributed by atoms with van der Waals surface area (Å²) in [4.78, 5) is 12.7. The smallest absolute Gasteiger partial charge is 0.408 e. The standard InChI is InChI=1S/C22H28N2O5S/c1-21(2,3)29-20(25)24-22(14-23)18(15-10-12-16(28-4)13-11-15)19(22)30(26,27)17-8-6-5-7-9-17/h5-13,18-19H,14,23H2,1-4H3,(H,24,25)/t18-,19-,22+/m1/s1. The molecule has 3 rings (SSSR count). The summed E-state index contributed by atoms with van der Waals surface area (Å²) in [5.74, 6) is 0.131. The number of nitrogens with two attached hydrogens (primary N) is 1. The number of amides is 1. The van der Waals surface area contributed by atoms with Gasteiger partial charge in [0.05, 0.1) is 17.5 Å². The van der Waals surface area contributed by atoms with Gasteiger partial charge in [0, 0.05) is 12.5 Å². The third-order valence-corrected chi connectivity index (χ3v) is 7.50. The van der Waals surface area contributed by atoms with Crippen LogP contribution in [0.5, 0.6) is 5.75 Å². The predicted octanol–water partition coefficient (Wildman–Crippen LogP) is 2.86. The minimum atomic E-state index is -3.77. The normalized spacial score (nSPS) is 23.5. The quantitative estimate of drug-likeness (QED) is 0.727. The number of hydrogen-bond donors (Lipinski definition) is 2. The van der Waals surface area contributed by atoms with Crippen molar-refractivity contribution in [1.82, 2.24) is 5.32 Å². The molecule has 0 aliphatic heterocycles. The van der Waals surface area contributed by atoms with E-state index in [1.807, 2.05) is 0 Å². The number of hydrogen-bond acceptors (Lipinski definition) is 6. The molecule has 3 atom stereocenters. The Hall–Kier alpha value is -2.58. The third-order valence-electron chi connectivity index (χ3n) is 5.21. The van der Waals surface area contributed by atoms with Crippen LogP contribution in [0.25, 0.3) is 0 Å². The Morgan fingerprint density at radius 2 is 1.70 bits per heavy atom. The summed E-state index contributed by atoms with van der Waals surface area (Å²) in [5, 5.41) is 1.86. The second kappa shape index (κ2) is 7.92. The highest BCUT2D eigenvalue weighted by molar-refractivity contribution is 7.92. The van der Waals surface area contributed by atoms with E-state index in [0.29, 0.717) is 5.75 Å². The Morgan fingerprint density at radius 3 is 2.20 bits per heavy atom. The molecule has 0 aromatic heterocycles. The van der Waals surface area contributed by atoms with Gasteiger partial charge < -0.3 is 20.5 Å². The summed E-state index contributed by atoms with van der Waals surface area (Å²) >= 11 is 0. The first-order valence-electron chi connectivity index (χ1n) is 9.69. The maximum atomic E-state index is 13.5. The molecule has 0 radical (unpaired) electrons. The highest BCUT2D eigenvalue weighted by Crippen LogP contribution is 2.57. The van der Waals surface area contributed by atoms with E-state index in [1.54, 1.807) is 82.5 Å². The fraction of sp³-hybridized carbons (Fsp3) is 0.409. The van der Waals surface area contributed by atoms with Crippen LogP contribution in [0.1, 0.15) is 32.3 Å². The number of nitrogens with one attached hydrogen (secondary N) is 1. The molecule has 162 valence electrons. The first-order chi connectivity index (χ1) is 14.0. The second-order valence-electron chi connectivity index (χ2n) is 8.40. The van der Waals surface area contributed by atoms with Crippen LogP contribution >= 0.6 is 0 Å². The van der Waals surface area contributed by atoms with Crippen LogP contribution in [0.3, 0.4) is 0 Å². The summed E-state index contributed by atoms with van der Waals surface area (Å²) in [6.45, 7) is 5.18. The van der Waals surface area contributed by atoms with Crippen molar-refractivity contribution in [1.29, 1.82) is 0 Å². The van der Waals surface area contributed by atoms with E-state index < -0.39 is 38.2 Å². The molecule has 2 aromatic carbocycles. The number of rotatable bonds is 6. The van der Waals surface area contributed by atoms with Crippen molar-refractivity contribution >= 4 is 15.9 Å². The van der Waals surface area contributed by atoms with Gasteiger partial charge in [-0.2, -0.15) is 0 Å². The SMILES string of the molecule is COc1ccc([C@@H]2[C@@H](S(=O)(=O)c3ccccc3)[C@@]2(CN)NC(=O)OC(C)(C)C)cc1. The summed E-state index contributed by atoms with van der Waals surface area (Å²) in [5.41, 5.74) is 4.92. The van der Waals surface area contributed by atoms with Gasteiger partial charge >= 0.3 is 6.09 Å². The maximum absolute atomic E-state index is 13.5. The van der Waals surface area contributed by atoms with Gasteiger partial charge in [-0.3, -0.25) is 0 Å². The lowest BCUT2D eigenvalue weighted by molar-refractivity contribution is 0.0497. The molecule has 0 unspecified atom stereocenters. The van der Waals surface area contributed by atoms with Crippen LogP contribution in [0.15, 0.2) is 59.5 Å². The van der Waals surface area contributed by atoms with Gasteiger partial charge in [0.1, 0.15) is 16.6 Å². The van der Waals surface area contributed by atoms with Crippen LogP contribution in [-0.2, 0) is 14.6 Å². The Kier molecular flexibility index (Phi) is 5.84. The Morgan fingerprint density at radius 1 is 1.10 bits per heavy atom. The van der Waals surface area contributed by atoms with Gasteiger partial charge in [0.25, 0.3) is 0 Å². The fourth-order valence-electron chi connectivity index (χ4n) is 3.84. The molecule has 0 heterocycles. The van der Waals surface area contributed by atoms with Crippen molar-refractivity contribution in [2.45, 2.75) is 48.0 Å². The topological polar surface area (TPSA) is 108 Å². The number of alkyl carbamates (subject to hydrolysis) is 1. The van der Waals surface area contributed by atoms with Crippen molar-refractivity contribution in [3.63, 3.8) is 0 Å². The molecule has 2 aromatic rings. The zero-order valence-electron chi connectivity index (χ0n) is 17.6. The molecule has 0 spiro atoms. The van der Waals surface area contributed by atoms with Crippen molar-refractivity contribution in [2.75, 3.05) is 13.7 Å². The molecule has 0 bridgehead atoms. The number of carbonyl (C=O) groups is 1. The van der Waals surface area contributed by atoms with Crippen LogP contribution in [0.2, 0.25) is 0 Å². The van der Waals surface area contributed by atoms with Crippen LogP contribution < -0.4 is 15.8 Å². The van der Waals surface area contributed by atoms with E-state index in [-0.39, 0.29) is 11.4 Å². The van der Waals surface area contributed by atoms with Gasteiger partial charge in [0.15, 0.2) is 9.84 Å². The van der Waals surface area contributed by atoms with Gasteiger partial charge in [-0.25, -0.2) is 13.2 Å². The minimum absolute atomic E-state index is 0.0559. The number of methoxy groups -OCH3 is 1. The molecule has 3 N–H and O–H groups in total. The van der Waals surface area contributed by atoms with Crippen molar-refractivity contribution in [3.05, 3.63) is 60.2 Å². The Bertz CT molecular complexity index is 1000.